The van der Waals surface area contributed by atoms with Crippen molar-refractivity contribution in [1.29, 1.82) is 0 Å². The van der Waals surface area contributed by atoms with Crippen LogP contribution in [0.5, 0.6) is 5.75 Å². The quantitative estimate of drug-likeness (QED) is 0.594. The van der Waals surface area contributed by atoms with Crippen LogP contribution in [0.4, 0.5) is 0 Å². The molecule has 0 radical (unpaired) electrons. The van der Waals surface area contributed by atoms with Gasteiger partial charge in [-0.05, 0) is 39.0 Å². The number of aromatic amines is 1. The maximum Gasteiger partial charge on any atom is 0.219 e. The Balaban J connectivity index is 1.86. The Kier molecular flexibility index (Phi) is 6.41. The lowest BCUT2D eigenvalue weighted by Crippen LogP contribution is -2.49. The Labute approximate surface area is 171 Å². The predicted molar refractivity (Wildman–Crippen MR) is 116 cm³/mol. The number of benzene rings is 1. The molecule has 2 aromatic rings. The number of ether oxygens (including phenoxy) is 1. The molecule has 1 aliphatic rings. The van der Waals surface area contributed by atoms with Crippen molar-refractivity contribution in [3.8, 4) is 5.75 Å². The van der Waals surface area contributed by atoms with Crippen LogP contribution >= 0.6 is 0 Å². The molecule has 0 spiro atoms. The highest BCUT2D eigenvalue weighted by Crippen LogP contribution is 2.25. The number of rotatable bonds is 5. The number of piperazine rings is 1. The number of H-pyrrole nitrogens is 1. The van der Waals surface area contributed by atoms with Gasteiger partial charge >= 0.3 is 0 Å². The highest BCUT2D eigenvalue weighted by Gasteiger charge is 2.21. The molecular formula is C21H30N6O2. The van der Waals surface area contributed by atoms with Crippen LogP contribution in [0.3, 0.4) is 0 Å². The lowest BCUT2D eigenvalue weighted by atomic mass is 10.1. The highest BCUT2D eigenvalue weighted by atomic mass is 16.5. The summed E-state index contributed by atoms with van der Waals surface area (Å²) in [6.07, 6.45) is 1.96. The van der Waals surface area contributed by atoms with Crippen LogP contribution in [0, 0.1) is 0 Å². The monoisotopic (exact) mass is 398 g/mol. The molecular weight excluding hydrogens is 368 g/mol. The lowest BCUT2D eigenvalue weighted by molar-refractivity contribution is -0.130. The zero-order valence-electron chi connectivity index (χ0n) is 17.6. The van der Waals surface area contributed by atoms with E-state index in [-0.39, 0.29) is 12.0 Å². The zero-order valence-corrected chi connectivity index (χ0v) is 17.6. The largest absolute Gasteiger partial charge is 0.491 e. The molecule has 1 saturated heterocycles. The average Bonchev–Trinajstić information content (AvgIpc) is 3.10. The van der Waals surface area contributed by atoms with E-state index in [2.05, 4.69) is 20.1 Å². The summed E-state index contributed by atoms with van der Waals surface area (Å²) in [5.41, 5.74) is 8.56. The van der Waals surface area contributed by atoms with E-state index in [1.165, 1.54) is 0 Å². The zero-order chi connectivity index (χ0) is 21.0. The molecule has 3 N–H and O–H groups in total. The molecule has 29 heavy (non-hydrogen) atoms. The summed E-state index contributed by atoms with van der Waals surface area (Å²) in [7, 11) is 0. The van der Waals surface area contributed by atoms with Crippen molar-refractivity contribution in [2.24, 2.45) is 10.7 Å². The van der Waals surface area contributed by atoms with Crippen molar-refractivity contribution in [3.63, 3.8) is 0 Å². The minimum Gasteiger partial charge on any atom is -0.491 e. The maximum absolute atomic E-state index is 11.6. The van der Waals surface area contributed by atoms with E-state index in [4.69, 9.17) is 10.5 Å². The summed E-state index contributed by atoms with van der Waals surface area (Å²) in [6.45, 7) is 11.1. The van der Waals surface area contributed by atoms with Gasteiger partial charge in [0.05, 0.1) is 17.3 Å². The number of amidine groups is 1. The van der Waals surface area contributed by atoms with E-state index in [9.17, 15) is 4.79 Å². The molecule has 8 nitrogen and oxygen atoms in total. The Morgan fingerprint density at radius 2 is 2.00 bits per heavy atom. The number of hydrogen-bond acceptors (Lipinski definition) is 5. The Hall–Kier alpha value is -3.03. The predicted octanol–water partition coefficient (Wildman–Crippen LogP) is 2.23. The van der Waals surface area contributed by atoms with Gasteiger partial charge in [-0.1, -0.05) is 0 Å². The third kappa shape index (κ3) is 4.88. The second kappa shape index (κ2) is 8.98. The first-order valence-corrected chi connectivity index (χ1v) is 10.1. The molecule has 0 unspecified atom stereocenters. The summed E-state index contributed by atoms with van der Waals surface area (Å²) in [5.74, 6) is 1.71. The summed E-state index contributed by atoms with van der Waals surface area (Å²) < 4.78 is 5.80. The first kappa shape index (κ1) is 20.7. The van der Waals surface area contributed by atoms with E-state index >= 15 is 0 Å². The van der Waals surface area contributed by atoms with Gasteiger partial charge in [0.1, 0.15) is 17.3 Å². The van der Waals surface area contributed by atoms with Crippen molar-refractivity contribution in [3.05, 3.63) is 30.0 Å². The van der Waals surface area contributed by atoms with Crippen LogP contribution in [0.1, 0.15) is 33.4 Å². The number of nitrogens with two attached hydrogens (primary N) is 1. The summed E-state index contributed by atoms with van der Waals surface area (Å²) in [5, 5.41) is 8.35. The molecule has 0 aliphatic carbocycles. The number of aliphatic imine (C=N–C) groups is 1. The summed E-state index contributed by atoms with van der Waals surface area (Å²) >= 11 is 0. The molecule has 156 valence electrons. The van der Waals surface area contributed by atoms with Crippen LogP contribution in [0.2, 0.25) is 0 Å². The smallest absolute Gasteiger partial charge is 0.219 e. The fourth-order valence-electron chi connectivity index (χ4n) is 3.42. The summed E-state index contributed by atoms with van der Waals surface area (Å²) in [4.78, 5) is 20.2. The second-order valence-corrected chi connectivity index (χ2v) is 7.37. The normalized spacial score (nSPS) is 16.0. The highest BCUT2D eigenvalue weighted by molar-refractivity contribution is 6.01. The number of nitrogens with one attached hydrogen (secondary N) is 1. The Morgan fingerprint density at radius 3 is 2.62 bits per heavy atom. The van der Waals surface area contributed by atoms with Gasteiger partial charge in [-0.15, -0.1) is 0 Å². The number of carbonyl (C=O) groups excluding carboxylic acids is 1. The van der Waals surface area contributed by atoms with Crippen LogP contribution in [-0.4, -0.2) is 70.6 Å². The van der Waals surface area contributed by atoms with Gasteiger partial charge in [-0.2, -0.15) is 5.10 Å². The topological polar surface area (TPSA) is 99.8 Å². The van der Waals surface area contributed by atoms with Crippen molar-refractivity contribution >= 4 is 28.3 Å². The molecule has 1 amide bonds. The number of hydrogen-bond donors (Lipinski definition) is 2. The van der Waals surface area contributed by atoms with Gasteiger partial charge in [-0.3, -0.25) is 14.9 Å². The minimum absolute atomic E-state index is 0.0904. The summed E-state index contributed by atoms with van der Waals surface area (Å²) in [6, 6.07) is 5.82. The fourth-order valence-corrected chi connectivity index (χ4v) is 3.42. The maximum atomic E-state index is 11.6. The molecule has 1 aromatic heterocycles. The average molecular weight is 399 g/mol. The molecule has 1 fully saturated rings. The van der Waals surface area contributed by atoms with Crippen molar-refractivity contribution < 1.29 is 9.53 Å². The van der Waals surface area contributed by atoms with Crippen molar-refractivity contribution in [2.75, 3.05) is 32.7 Å². The van der Waals surface area contributed by atoms with Gasteiger partial charge < -0.3 is 20.3 Å². The minimum atomic E-state index is 0.0904. The van der Waals surface area contributed by atoms with E-state index in [1.54, 1.807) is 6.92 Å². The number of amides is 1. The second-order valence-electron chi connectivity index (χ2n) is 7.37. The van der Waals surface area contributed by atoms with Gasteiger partial charge in [0.2, 0.25) is 5.91 Å². The van der Waals surface area contributed by atoms with Crippen LogP contribution in [0.25, 0.3) is 16.6 Å². The third-order valence-corrected chi connectivity index (χ3v) is 4.83. The molecule has 3 rings (SSSR count). The fraction of sp³-hybridized carbons (Fsp3) is 0.476. The number of aromatic nitrogens is 2. The Morgan fingerprint density at radius 1 is 1.31 bits per heavy atom. The molecule has 0 saturated carbocycles. The van der Waals surface area contributed by atoms with Crippen molar-refractivity contribution in [2.45, 2.75) is 33.8 Å². The molecule has 1 aliphatic heterocycles. The molecule has 2 heterocycles. The van der Waals surface area contributed by atoms with Gasteiger partial charge in [0.25, 0.3) is 0 Å². The number of nitrogens with zero attached hydrogens (tertiary/aromatic N) is 4. The van der Waals surface area contributed by atoms with E-state index in [1.807, 2.05) is 49.9 Å². The molecule has 0 atom stereocenters. The number of fused-ring (bicyclic) bond motifs is 1. The van der Waals surface area contributed by atoms with Gasteiger partial charge in [0, 0.05) is 51.1 Å². The molecule has 0 bridgehead atoms. The Bertz CT molecular complexity index is 922. The first-order valence-electron chi connectivity index (χ1n) is 10.1. The van der Waals surface area contributed by atoms with Gasteiger partial charge in [0.15, 0.2) is 0 Å². The van der Waals surface area contributed by atoms with Crippen LogP contribution in [-0.2, 0) is 4.79 Å². The lowest BCUT2D eigenvalue weighted by Gasteiger charge is -2.35. The first-order chi connectivity index (χ1) is 13.9. The number of carbonyl (C=O) groups is 1. The van der Waals surface area contributed by atoms with Gasteiger partial charge in [-0.25, -0.2) is 0 Å². The van der Waals surface area contributed by atoms with E-state index in [0.29, 0.717) is 31.0 Å². The van der Waals surface area contributed by atoms with Crippen LogP contribution < -0.4 is 10.5 Å². The molecule has 8 heteroatoms. The third-order valence-electron chi connectivity index (χ3n) is 4.83. The van der Waals surface area contributed by atoms with E-state index in [0.717, 1.165) is 35.6 Å². The molecule has 1 aromatic carbocycles. The van der Waals surface area contributed by atoms with Crippen LogP contribution in [0.15, 0.2) is 29.3 Å². The van der Waals surface area contributed by atoms with Crippen molar-refractivity contribution in [1.82, 2.24) is 20.0 Å². The SMILES string of the molecule is CCN=C(/C=C(\N)c1n[nH]c2ccc(OC(C)C)cc12)N1CCN(C(C)=O)CC1. The standard InChI is InChI=1S/C21H30N6O2/c1-5-23-20(27-10-8-26(9-11-27)15(4)28)13-18(22)21-17-12-16(29-14(2)3)6-7-19(17)24-25-21/h6-7,12-14H,5,8-11,22H2,1-4H3,(H,24,25)/b18-13-,23-20?. The van der Waals surface area contributed by atoms with E-state index < -0.39 is 0 Å².